The number of nitro groups is 2. The van der Waals surface area contributed by atoms with Crippen LogP contribution in [0.5, 0.6) is 0 Å². The van der Waals surface area contributed by atoms with Crippen LogP contribution in [0, 0.1) is 20.2 Å². The van der Waals surface area contributed by atoms with E-state index in [1.807, 2.05) is 0 Å². The van der Waals surface area contributed by atoms with Crippen molar-refractivity contribution in [1.29, 1.82) is 0 Å². The number of hydrogen-bond donors (Lipinski definition) is 1. The Morgan fingerprint density at radius 2 is 1.70 bits per heavy atom. The number of non-ortho nitro benzene ring substituents is 2. The lowest BCUT2D eigenvalue weighted by Crippen LogP contribution is -2.36. The molecule has 1 N–H and O–H groups in total. The van der Waals surface area contributed by atoms with Crippen molar-refractivity contribution in [2.24, 2.45) is 0 Å². The molecule has 152 valence electrons. The zero-order valence-electron chi connectivity index (χ0n) is 15.0. The quantitative estimate of drug-likeness (QED) is 0.418. The smallest absolute Gasteiger partial charge is 0.294 e. The van der Waals surface area contributed by atoms with Crippen LogP contribution in [-0.4, -0.2) is 38.3 Å². The maximum Gasteiger partial charge on any atom is 0.294 e. The van der Waals surface area contributed by atoms with Gasteiger partial charge in [0.2, 0.25) is 5.91 Å². The predicted molar refractivity (Wildman–Crippen MR) is 107 cm³/mol. The number of nitrogens with one attached hydrogen (secondary N) is 1. The molecule has 1 aliphatic rings. The van der Waals surface area contributed by atoms with Crippen molar-refractivity contribution in [3.63, 3.8) is 0 Å². The molecule has 1 heterocycles. The number of hydrogen-bond acceptors (Lipinski definition) is 8. The van der Waals surface area contributed by atoms with Crippen molar-refractivity contribution < 1.29 is 24.2 Å². The van der Waals surface area contributed by atoms with Crippen LogP contribution in [0.1, 0.15) is 5.56 Å². The van der Waals surface area contributed by atoms with Gasteiger partial charge in [-0.2, -0.15) is 0 Å². The second-order valence-corrected chi connectivity index (χ2v) is 6.97. The molecule has 0 spiro atoms. The average molecular weight is 428 g/mol. The molecule has 0 unspecified atom stereocenters. The van der Waals surface area contributed by atoms with Gasteiger partial charge in [0.15, 0.2) is 0 Å². The number of benzene rings is 2. The second-order valence-electron chi connectivity index (χ2n) is 5.97. The minimum absolute atomic E-state index is 0.0311. The first-order valence-electron chi connectivity index (χ1n) is 8.29. The normalized spacial score (nSPS) is 14.8. The van der Waals surface area contributed by atoms with Gasteiger partial charge in [0.25, 0.3) is 22.5 Å². The van der Waals surface area contributed by atoms with E-state index in [0.29, 0.717) is 17.3 Å². The van der Waals surface area contributed by atoms with Crippen LogP contribution in [0.3, 0.4) is 0 Å². The lowest BCUT2D eigenvalue weighted by atomic mass is 10.2. The Hall–Kier alpha value is -4.06. The molecule has 3 rings (SSSR count). The zero-order chi connectivity index (χ0) is 21.8. The number of nitrogens with zero attached hydrogens (tertiary/aromatic N) is 3. The Balaban J connectivity index is 1.68. The summed E-state index contributed by atoms with van der Waals surface area (Å²) >= 11 is 0.618. The Labute approximate surface area is 172 Å². The molecule has 1 aliphatic heterocycles. The fourth-order valence-electron chi connectivity index (χ4n) is 2.53. The van der Waals surface area contributed by atoms with Crippen LogP contribution >= 0.6 is 11.8 Å². The van der Waals surface area contributed by atoms with E-state index in [0.717, 1.165) is 4.90 Å². The van der Waals surface area contributed by atoms with E-state index in [4.69, 9.17) is 0 Å². The summed E-state index contributed by atoms with van der Waals surface area (Å²) in [5, 5.41) is 23.3. The maximum atomic E-state index is 12.5. The van der Waals surface area contributed by atoms with E-state index in [1.165, 1.54) is 48.5 Å². The van der Waals surface area contributed by atoms with E-state index in [2.05, 4.69) is 5.32 Å². The molecule has 12 heteroatoms. The van der Waals surface area contributed by atoms with Gasteiger partial charge in [0.05, 0.1) is 14.8 Å². The number of carbonyl (C=O) groups excluding carboxylic acids is 3. The molecule has 0 aromatic heterocycles. The molecule has 3 amide bonds. The van der Waals surface area contributed by atoms with Gasteiger partial charge >= 0.3 is 0 Å². The molecule has 1 saturated heterocycles. The third kappa shape index (κ3) is 4.67. The highest BCUT2D eigenvalue weighted by atomic mass is 32.2. The van der Waals surface area contributed by atoms with Crippen LogP contribution in [-0.2, 0) is 9.59 Å². The number of thioether (sulfide) groups is 1. The van der Waals surface area contributed by atoms with E-state index in [1.54, 1.807) is 6.07 Å². The molecule has 11 nitrogen and oxygen atoms in total. The summed E-state index contributed by atoms with van der Waals surface area (Å²) in [6.07, 6.45) is 1.34. The number of carbonyl (C=O) groups is 3. The van der Waals surface area contributed by atoms with Gasteiger partial charge in [-0.1, -0.05) is 12.1 Å². The summed E-state index contributed by atoms with van der Waals surface area (Å²) < 4.78 is 0. The van der Waals surface area contributed by atoms with Gasteiger partial charge in [-0.25, -0.2) is 0 Å². The van der Waals surface area contributed by atoms with Crippen molar-refractivity contribution in [1.82, 2.24) is 4.90 Å². The van der Waals surface area contributed by atoms with Gasteiger partial charge in [-0.05, 0) is 35.5 Å². The summed E-state index contributed by atoms with van der Waals surface area (Å²) in [6, 6.07) is 10.6. The summed E-state index contributed by atoms with van der Waals surface area (Å²) in [5.74, 6) is -1.36. The lowest BCUT2D eigenvalue weighted by molar-refractivity contribution is -0.385. The van der Waals surface area contributed by atoms with E-state index >= 15 is 0 Å². The van der Waals surface area contributed by atoms with Crippen LogP contribution in [0.4, 0.5) is 21.9 Å². The van der Waals surface area contributed by atoms with E-state index in [-0.39, 0.29) is 22.0 Å². The van der Waals surface area contributed by atoms with Crippen LogP contribution in [0.2, 0.25) is 0 Å². The first kappa shape index (κ1) is 20.7. The number of nitro benzene ring substituents is 2. The molecule has 0 aliphatic carbocycles. The predicted octanol–water partition coefficient (Wildman–Crippen LogP) is 3.18. The maximum absolute atomic E-state index is 12.5. The minimum atomic E-state index is -0.699. The third-order valence-corrected chi connectivity index (χ3v) is 4.82. The lowest BCUT2D eigenvalue weighted by Gasteiger charge is -2.12. The van der Waals surface area contributed by atoms with Crippen molar-refractivity contribution in [2.45, 2.75) is 0 Å². The molecule has 0 radical (unpaired) electrons. The number of rotatable bonds is 6. The van der Waals surface area contributed by atoms with Crippen LogP contribution in [0.15, 0.2) is 53.4 Å². The summed E-state index contributed by atoms with van der Waals surface area (Å²) in [5.41, 5.74) is 0.324. The first-order chi connectivity index (χ1) is 14.2. The van der Waals surface area contributed by atoms with Gasteiger partial charge in [0.1, 0.15) is 6.54 Å². The number of amides is 3. The second kappa shape index (κ2) is 8.53. The Kier molecular flexibility index (Phi) is 5.88. The molecule has 0 atom stereocenters. The van der Waals surface area contributed by atoms with Gasteiger partial charge in [-0.3, -0.25) is 39.5 Å². The highest BCUT2D eigenvalue weighted by Crippen LogP contribution is 2.32. The highest BCUT2D eigenvalue weighted by molar-refractivity contribution is 8.18. The number of imide groups is 1. The molecule has 2 aromatic rings. The minimum Gasteiger partial charge on any atom is -0.325 e. The largest absolute Gasteiger partial charge is 0.325 e. The van der Waals surface area contributed by atoms with Crippen molar-refractivity contribution in [2.75, 3.05) is 11.9 Å². The topological polar surface area (TPSA) is 153 Å². The first-order valence-corrected chi connectivity index (χ1v) is 9.10. The molecule has 2 aromatic carbocycles. The zero-order valence-corrected chi connectivity index (χ0v) is 15.8. The van der Waals surface area contributed by atoms with E-state index in [9.17, 15) is 34.6 Å². The summed E-state index contributed by atoms with van der Waals surface area (Å²) in [7, 11) is 0. The van der Waals surface area contributed by atoms with Crippen molar-refractivity contribution in [3.05, 3.63) is 79.2 Å². The standard InChI is InChI=1S/C18H12N4O7S/c23-16(19-12-4-6-13(7-5-12)21(26)27)10-20-17(24)15(30-18(20)25)9-11-2-1-3-14(8-11)22(28)29/h1-9H,10H2,(H,19,23)/b15-9-. The molecule has 0 saturated carbocycles. The van der Waals surface area contributed by atoms with Crippen molar-refractivity contribution >= 4 is 52.0 Å². The fourth-order valence-corrected chi connectivity index (χ4v) is 3.36. The Bertz CT molecular complexity index is 1100. The molecular weight excluding hydrogens is 416 g/mol. The molecule has 0 bridgehead atoms. The van der Waals surface area contributed by atoms with Crippen molar-refractivity contribution in [3.8, 4) is 0 Å². The van der Waals surface area contributed by atoms with Gasteiger partial charge < -0.3 is 5.32 Å². The number of anilines is 1. The molecule has 30 heavy (non-hydrogen) atoms. The Morgan fingerprint density at radius 3 is 2.33 bits per heavy atom. The summed E-state index contributed by atoms with van der Waals surface area (Å²) in [6.45, 7) is -0.548. The van der Waals surface area contributed by atoms with Gasteiger partial charge in [0, 0.05) is 30.0 Å². The van der Waals surface area contributed by atoms with Gasteiger partial charge in [-0.15, -0.1) is 0 Å². The third-order valence-electron chi connectivity index (χ3n) is 3.92. The molecular formula is C18H12N4O7S. The SMILES string of the molecule is O=C(CN1C(=O)S/C(=C\c2cccc([N+](=O)[O-])c2)C1=O)Nc1ccc([N+](=O)[O-])cc1. The van der Waals surface area contributed by atoms with Crippen LogP contribution in [0.25, 0.3) is 6.08 Å². The average Bonchev–Trinajstić information content (AvgIpc) is 2.96. The van der Waals surface area contributed by atoms with Crippen LogP contribution < -0.4 is 5.32 Å². The van der Waals surface area contributed by atoms with E-state index < -0.39 is 33.4 Å². The monoisotopic (exact) mass is 428 g/mol. The molecule has 1 fully saturated rings. The Morgan fingerprint density at radius 1 is 1.03 bits per heavy atom. The highest BCUT2D eigenvalue weighted by Gasteiger charge is 2.36. The fraction of sp³-hybridized carbons (Fsp3) is 0.0556. The summed E-state index contributed by atoms with van der Waals surface area (Å²) in [4.78, 5) is 57.9.